The number of rotatable bonds is 7. The third-order valence-corrected chi connectivity index (χ3v) is 6.06. The normalized spacial score (nSPS) is 10.9. The van der Waals surface area contributed by atoms with E-state index >= 15 is 0 Å². The molecule has 0 unspecified atom stereocenters. The number of nitrogens with one attached hydrogen (secondary N) is 2. The first-order valence-corrected chi connectivity index (χ1v) is 10.7. The second-order valence-electron chi connectivity index (χ2n) is 7.02. The minimum absolute atomic E-state index is 0.0317. The molecule has 0 bridgehead atoms. The summed E-state index contributed by atoms with van der Waals surface area (Å²) in [5, 5.41) is 5.20. The third kappa shape index (κ3) is 4.72. The van der Waals surface area contributed by atoms with Gasteiger partial charge in [-0.05, 0) is 35.7 Å². The van der Waals surface area contributed by atoms with Gasteiger partial charge < -0.3 is 10.3 Å². The monoisotopic (exact) mass is 400 g/mol. The van der Waals surface area contributed by atoms with Crippen molar-refractivity contribution in [3.8, 4) is 0 Å². The number of fused-ring (bicyclic) bond motifs is 1. The molecule has 0 atom stereocenters. The zero-order valence-electron chi connectivity index (χ0n) is 16.4. The van der Waals surface area contributed by atoms with Gasteiger partial charge in [-0.2, -0.15) is 0 Å². The van der Waals surface area contributed by atoms with Gasteiger partial charge in [0.05, 0.1) is 11.4 Å². The molecule has 0 radical (unpaired) electrons. The van der Waals surface area contributed by atoms with Gasteiger partial charge in [0, 0.05) is 27.9 Å². The van der Waals surface area contributed by atoms with E-state index in [1.54, 1.807) is 11.8 Å². The van der Waals surface area contributed by atoms with Crippen molar-refractivity contribution in [2.75, 3.05) is 0 Å². The molecule has 0 aliphatic carbocycles. The van der Waals surface area contributed by atoms with Crippen LogP contribution in [-0.4, -0.2) is 10.9 Å². The summed E-state index contributed by atoms with van der Waals surface area (Å²) in [7, 11) is 0. The molecule has 4 heteroatoms. The average molecular weight is 401 g/mol. The highest BCUT2D eigenvalue weighted by molar-refractivity contribution is 7.99. The first-order chi connectivity index (χ1) is 14.2. The molecule has 1 heterocycles. The molecule has 4 aromatic rings. The third-order valence-electron chi connectivity index (χ3n) is 5.00. The molecule has 0 aliphatic heterocycles. The topological polar surface area (TPSA) is 44.9 Å². The highest BCUT2D eigenvalue weighted by Gasteiger charge is 2.15. The summed E-state index contributed by atoms with van der Waals surface area (Å²) in [6.07, 6.45) is 1.38. The van der Waals surface area contributed by atoms with E-state index in [0.717, 1.165) is 38.4 Å². The Morgan fingerprint density at radius 3 is 2.34 bits per heavy atom. The molecule has 1 aromatic heterocycles. The summed E-state index contributed by atoms with van der Waals surface area (Å²) in [4.78, 5) is 17.4. The standard InChI is InChI=1S/C25H24N2OS/c1-2-18-12-14-19(15-13-18)17-26-24(28)16-22-21-10-6-7-11-23(21)27-25(22)29-20-8-4-3-5-9-20/h3-15,27H,2,16-17H2,1H3,(H,26,28). The van der Waals surface area contributed by atoms with Crippen LogP contribution in [0.4, 0.5) is 0 Å². The van der Waals surface area contributed by atoms with Crippen LogP contribution in [0, 0.1) is 0 Å². The second-order valence-corrected chi connectivity index (χ2v) is 8.10. The molecule has 0 saturated carbocycles. The van der Waals surface area contributed by atoms with Gasteiger partial charge in [-0.15, -0.1) is 0 Å². The van der Waals surface area contributed by atoms with Crippen LogP contribution < -0.4 is 5.32 Å². The van der Waals surface area contributed by atoms with Crippen LogP contribution in [0.2, 0.25) is 0 Å². The van der Waals surface area contributed by atoms with Crippen LogP contribution in [0.15, 0.2) is 88.8 Å². The molecule has 0 spiro atoms. The number of carbonyl (C=O) groups excluding carboxylic acids is 1. The summed E-state index contributed by atoms with van der Waals surface area (Å²) >= 11 is 1.66. The molecular weight excluding hydrogens is 376 g/mol. The van der Waals surface area contributed by atoms with Crippen molar-refractivity contribution in [3.05, 3.63) is 95.6 Å². The Kier molecular flexibility index (Phi) is 6.01. The van der Waals surface area contributed by atoms with Crippen molar-refractivity contribution in [3.63, 3.8) is 0 Å². The fraction of sp³-hybridized carbons (Fsp3) is 0.160. The maximum Gasteiger partial charge on any atom is 0.224 e. The van der Waals surface area contributed by atoms with Crippen LogP contribution in [-0.2, 0) is 24.2 Å². The number of carbonyl (C=O) groups is 1. The minimum Gasteiger partial charge on any atom is -0.352 e. The molecule has 146 valence electrons. The largest absolute Gasteiger partial charge is 0.352 e. The lowest BCUT2D eigenvalue weighted by molar-refractivity contribution is -0.120. The Bertz CT molecular complexity index is 1100. The van der Waals surface area contributed by atoms with Crippen LogP contribution in [0.1, 0.15) is 23.6 Å². The van der Waals surface area contributed by atoms with Crippen molar-refractivity contribution in [2.24, 2.45) is 0 Å². The van der Waals surface area contributed by atoms with Gasteiger partial charge in [-0.1, -0.05) is 79.3 Å². The predicted octanol–water partition coefficient (Wildman–Crippen LogP) is 5.74. The maximum absolute atomic E-state index is 12.7. The predicted molar refractivity (Wildman–Crippen MR) is 120 cm³/mol. The number of hydrogen-bond donors (Lipinski definition) is 2. The van der Waals surface area contributed by atoms with Crippen LogP contribution in [0.25, 0.3) is 10.9 Å². The second kappa shape index (κ2) is 9.01. The van der Waals surface area contributed by atoms with E-state index < -0.39 is 0 Å². The zero-order chi connectivity index (χ0) is 20.1. The summed E-state index contributed by atoms with van der Waals surface area (Å²) in [6.45, 7) is 2.69. The zero-order valence-corrected chi connectivity index (χ0v) is 17.3. The number of aromatic nitrogens is 1. The highest BCUT2D eigenvalue weighted by Crippen LogP contribution is 2.34. The molecule has 3 aromatic carbocycles. The maximum atomic E-state index is 12.7. The molecular formula is C25H24N2OS. The van der Waals surface area contributed by atoms with E-state index in [1.807, 2.05) is 30.3 Å². The highest BCUT2D eigenvalue weighted by atomic mass is 32.2. The Labute approximate surface area is 175 Å². The first-order valence-electron chi connectivity index (χ1n) is 9.90. The summed E-state index contributed by atoms with van der Waals surface area (Å²) in [5.41, 5.74) is 4.53. The summed E-state index contributed by atoms with van der Waals surface area (Å²) < 4.78 is 0. The van der Waals surface area contributed by atoms with Crippen LogP contribution >= 0.6 is 11.8 Å². The van der Waals surface area contributed by atoms with E-state index in [2.05, 4.69) is 65.8 Å². The number of hydrogen-bond acceptors (Lipinski definition) is 2. The smallest absolute Gasteiger partial charge is 0.224 e. The van der Waals surface area contributed by atoms with E-state index in [4.69, 9.17) is 0 Å². The Balaban J connectivity index is 1.51. The van der Waals surface area contributed by atoms with Crippen molar-refractivity contribution >= 4 is 28.6 Å². The number of amides is 1. The number of para-hydroxylation sites is 1. The average Bonchev–Trinajstić information content (AvgIpc) is 3.10. The van der Waals surface area contributed by atoms with Gasteiger partial charge in [0.25, 0.3) is 0 Å². The van der Waals surface area contributed by atoms with E-state index in [-0.39, 0.29) is 5.91 Å². The fourth-order valence-corrected chi connectivity index (χ4v) is 4.36. The van der Waals surface area contributed by atoms with Gasteiger partial charge in [-0.25, -0.2) is 0 Å². The molecule has 2 N–H and O–H groups in total. The lowest BCUT2D eigenvalue weighted by Gasteiger charge is -2.08. The van der Waals surface area contributed by atoms with Crippen LogP contribution in [0.3, 0.4) is 0 Å². The number of aromatic amines is 1. The van der Waals surface area contributed by atoms with Crippen molar-refractivity contribution in [2.45, 2.75) is 36.2 Å². The van der Waals surface area contributed by atoms with Crippen molar-refractivity contribution in [1.82, 2.24) is 10.3 Å². The lowest BCUT2D eigenvalue weighted by atomic mass is 10.1. The number of benzene rings is 3. The van der Waals surface area contributed by atoms with E-state index in [0.29, 0.717) is 13.0 Å². The summed E-state index contributed by atoms with van der Waals surface area (Å²) in [6, 6.07) is 26.8. The Morgan fingerprint density at radius 1 is 0.897 bits per heavy atom. The van der Waals surface area contributed by atoms with Gasteiger partial charge >= 0.3 is 0 Å². The van der Waals surface area contributed by atoms with E-state index in [1.165, 1.54) is 5.56 Å². The molecule has 3 nitrogen and oxygen atoms in total. The SMILES string of the molecule is CCc1ccc(CNC(=O)Cc2c(Sc3ccccc3)[nH]c3ccccc23)cc1. The van der Waals surface area contributed by atoms with Gasteiger partial charge in [0.2, 0.25) is 5.91 Å². The molecule has 29 heavy (non-hydrogen) atoms. The molecule has 4 rings (SSSR count). The fourth-order valence-electron chi connectivity index (χ4n) is 3.36. The van der Waals surface area contributed by atoms with Crippen molar-refractivity contribution in [1.29, 1.82) is 0 Å². The summed E-state index contributed by atoms with van der Waals surface area (Å²) in [5.74, 6) is 0.0317. The number of aryl methyl sites for hydroxylation is 1. The quantitative estimate of drug-likeness (QED) is 0.415. The molecule has 0 saturated heterocycles. The van der Waals surface area contributed by atoms with Gasteiger partial charge in [0.1, 0.15) is 0 Å². The van der Waals surface area contributed by atoms with Crippen LogP contribution in [0.5, 0.6) is 0 Å². The molecule has 0 aliphatic rings. The minimum atomic E-state index is 0.0317. The molecule has 0 fully saturated rings. The van der Waals surface area contributed by atoms with Gasteiger partial charge in [-0.3, -0.25) is 4.79 Å². The van der Waals surface area contributed by atoms with Gasteiger partial charge in [0.15, 0.2) is 0 Å². The lowest BCUT2D eigenvalue weighted by Crippen LogP contribution is -2.24. The number of H-pyrrole nitrogens is 1. The first kappa shape index (κ1) is 19.3. The Hall–Kier alpha value is -2.98. The van der Waals surface area contributed by atoms with E-state index in [9.17, 15) is 4.79 Å². The molecule has 1 amide bonds. The Morgan fingerprint density at radius 2 is 1.59 bits per heavy atom. The van der Waals surface area contributed by atoms with Crippen molar-refractivity contribution < 1.29 is 4.79 Å².